The van der Waals surface area contributed by atoms with Gasteiger partial charge in [0.15, 0.2) is 0 Å². The summed E-state index contributed by atoms with van der Waals surface area (Å²) in [7, 11) is 0. The first-order valence-electron chi connectivity index (χ1n) is 7.91. The highest BCUT2D eigenvalue weighted by atomic mass is 32.2. The Hall–Kier alpha value is -2.81. The van der Waals surface area contributed by atoms with Gasteiger partial charge in [-0.2, -0.15) is 18.2 Å². The predicted molar refractivity (Wildman–Crippen MR) is 94.2 cm³/mol. The van der Waals surface area contributed by atoms with E-state index in [1.165, 1.54) is 24.3 Å². The lowest BCUT2D eigenvalue weighted by Gasteiger charge is -2.06. The Bertz CT molecular complexity index is 896. The van der Waals surface area contributed by atoms with Gasteiger partial charge in [-0.15, -0.1) is 11.8 Å². The highest BCUT2D eigenvalue weighted by molar-refractivity contribution is 7.99. The fourth-order valence-electron chi connectivity index (χ4n) is 2.18. The number of halogens is 3. The zero-order chi connectivity index (χ0) is 19.3. The van der Waals surface area contributed by atoms with E-state index in [2.05, 4.69) is 20.0 Å². The largest absolute Gasteiger partial charge is 0.471 e. The van der Waals surface area contributed by atoms with Crippen LogP contribution in [0.4, 0.5) is 13.2 Å². The lowest BCUT2D eigenvalue weighted by atomic mass is 10.1. The smallest absolute Gasteiger partial charge is 0.351 e. The predicted octanol–water partition coefficient (Wildman–Crippen LogP) is 4.28. The SMILES string of the molecule is O=C(NCCSc1ccccc1)c1ccc(-c2noc(C(F)(F)F)n2)cc1. The number of aromatic nitrogens is 2. The molecule has 0 aliphatic rings. The van der Waals surface area contributed by atoms with E-state index in [0.717, 1.165) is 10.6 Å². The van der Waals surface area contributed by atoms with Crippen molar-refractivity contribution in [2.45, 2.75) is 11.1 Å². The first-order chi connectivity index (χ1) is 12.9. The van der Waals surface area contributed by atoms with Gasteiger partial charge in [-0.25, -0.2) is 0 Å². The van der Waals surface area contributed by atoms with Crippen molar-refractivity contribution in [2.75, 3.05) is 12.3 Å². The first-order valence-corrected chi connectivity index (χ1v) is 8.89. The quantitative estimate of drug-likeness (QED) is 0.500. The van der Waals surface area contributed by atoms with Crippen LogP contribution in [0.5, 0.6) is 0 Å². The standard InChI is InChI=1S/C18H14F3N3O2S/c19-18(20,21)17-23-15(24-26-17)12-6-8-13(9-7-12)16(25)22-10-11-27-14-4-2-1-3-5-14/h1-9H,10-11H2,(H,22,25). The molecule has 0 unspecified atom stereocenters. The van der Waals surface area contributed by atoms with E-state index in [9.17, 15) is 18.0 Å². The molecule has 1 amide bonds. The van der Waals surface area contributed by atoms with Gasteiger partial charge >= 0.3 is 12.1 Å². The summed E-state index contributed by atoms with van der Waals surface area (Å²) in [5.74, 6) is -1.14. The maximum Gasteiger partial charge on any atom is 0.471 e. The molecule has 0 aliphatic heterocycles. The minimum Gasteiger partial charge on any atom is -0.351 e. The molecule has 1 heterocycles. The number of rotatable bonds is 6. The van der Waals surface area contributed by atoms with Crippen LogP contribution in [0.2, 0.25) is 0 Å². The third kappa shape index (κ3) is 5.10. The van der Waals surface area contributed by atoms with E-state index >= 15 is 0 Å². The molecular weight excluding hydrogens is 379 g/mol. The Labute approximate surface area is 157 Å². The number of hydrogen-bond acceptors (Lipinski definition) is 5. The lowest BCUT2D eigenvalue weighted by Crippen LogP contribution is -2.25. The Balaban J connectivity index is 1.53. The van der Waals surface area contributed by atoms with Crippen molar-refractivity contribution in [3.8, 4) is 11.4 Å². The van der Waals surface area contributed by atoms with Crippen molar-refractivity contribution < 1.29 is 22.5 Å². The molecule has 3 rings (SSSR count). The second-order valence-corrected chi connectivity index (χ2v) is 6.58. The van der Waals surface area contributed by atoms with Crippen LogP contribution in [0.3, 0.4) is 0 Å². The third-order valence-electron chi connectivity index (χ3n) is 3.47. The molecule has 5 nitrogen and oxygen atoms in total. The van der Waals surface area contributed by atoms with Gasteiger partial charge in [-0.05, 0) is 24.3 Å². The van der Waals surface area contributed by atoms with Gasteiger partial charge in [0.1, 0.15) is 0 Å². The number of amides is 1. The molecule has 2 aromatic carbocycles. The zero-order valence-electron chi connectivity index (χ0n) is 13.9. The Morgan fingerprint density at radius 1 is 1.07 bits per heavy atom. The minimum atomic E-state index is -4.69. The molecule has 1 aromatic heterocycles. The monoisotopic (exact) mass is 393 g/mol. The van der Waals surface area contributed by atoms with Gasteiger partial charge in [-0.1, -0.05) is 35.5 Å². The lowest BCUT2D eigenvalue weighted by molar-refractivity contribution is -0.159. The number of carbonyl (C=O) groups excluding carboxylic acids is 1. The Morgan fingerprint density at radius 2 is 1.78 bits per heavy atom. The number of nitrogens with zero attached hydrogens (tertiary/aromatic N) is 2. The fraction of sp³-hybridized carbons (Fsp3) is 0.167. The first kappa shape index (κ1) is 19.0. The average Bonchev–Trinajstić information content (AvgIpc) is 3.17. The van der Waals surface area contributed by atoms with Crippen LogP contribution in [0, 0.1) is 0 Å². The molecular formula is C18H14F3N3O2S. The number of hydrogen-bond donors (Lipinski definition) is 1. The summed E-state index contributed by atoms with van der Waals surface area (Å²) in [5.41, 5.74) is 0.716. The molecule has 27 heavy (non-hydrogen) atoms. The van der Waals surface area contributed by atoms with Crippen LogP contribution in [0.15, 0.2) is 64.0 Å². The van der Waals surface area contributed by atoms with Crippen LogP contribution in [-0.2, 0) is 6.18 Å². The summed E-state index contributed by atoms with van der Waals surface area (Å²) in [5, 5.41) is 6.10. The van der Waals surface area contributed by atoms with Crippen molar-refractivity contribution >= 4 is 17.7 Å². The topological polar surface area (TPSA) is 68.0 Å². The summed E-state index contributed by atoms with van der Waals surface area (Å²) in [6.07, 6.45) is -4.69. The van der Waals surface area contributed by atoms with Crippen molar-refractivity contribution in [1.29, 1.82) is 0 Å². The zero-order valence-corrected chi connectivity index (χ0v) is 14.7. The van der Waals surface area contributed by atoms with Gasteiger partial charge in [0.05, 0.1) is 0 Å². The molecule has 0 saturated heterocycles. The summed E-state index contributed by atoms with van der Waals surface area (Å²) in [6, 6.07) is 15.8. The van der Waals surface area contributed by atoms with E-state index < -0.39 is 12.1 Å². The number of thioether (sulfide) groups is 1. The van der Waals surface area contributed by atoms with Gasteiger partial charge < -0.3 is 9.84 Å². The van der Waals surface area contributed by atoms with E-state index in [1.807, 2.05) is 30.3 Å². The maximum absolute atomic E-state index is 12.5. The van der Waals surface area contributed by atoms with Crippen LogP contribution < -0.4 is 5.32 Å². The molecule has 0 saturated carbocycles. The molecule has 0 spiro atoms. The second kappa shape index (κ2) is 8.26. The number of alkyl halides is 3. The molecule has 0 radical (unpaired) electrons. The van der Waals surface area contributed by atoms with Gasteiger partial charge in [0.2, 0.25) is 5.82 Å². The minimum absolute atomic E-state index is 0.187. The van der Waals surface area contributed by atoms with Crippen LogP contribution in [-0.4, -0.2) is 28.3 Å². The Kier molecular flexibility index (Phi) is 5.80. The Morgan fingerprint density at radius 3 is 2.41 bits per heavy atom. The average molecular weight is 393 g/mol. The molecule has 3 aromatic rings. The van der Waals surface area contributed by atoms with Crippen molar-refractivity contribution in [3.63, 3.8) is 0 Å². The van der Waals surface area contributed by atoms with Gasteiger partial charge in [0, 0.05) is 28.3 Å². The summed E-state index contributed by atoms with van der Waals surface area (Å²) >= 11 is 1.63. The van der Waals surface area contributed by atoms with Gasteiger partial charge in [-0.3, -0.25) is 4.79 Å². The third-order valence-corrected chi connectivity index (χ3v) is 4.49. The normalized spacial score (nSPS) is 11.4. The molecule has 9 heteroatoms. The molecule has 0 fully saturated rings. The molecule has 0 bridgehead atoms. The maximum atomic E-state index is 12.5. The fourth-order valence-corrected chi connectivity index (χ4v) is 2.97. The summed E-state index contributed by atoms with van der Waals surface area (Å²) < 4.78 is 41.7. The highest BCUT2D eigenvalue weighted by Gasteiger charge is 2.38. The van der Waals surface area contributed by atoms with Crippen LogP contribution >= 0.6 is 11.8 Å². The van der Waals surface area contributed by atoms with E-state index in [-0.39, 0.29) is 11.7 Å². The summed E-state index contributed by atoms with van der Waals surface area (Å²) in [6.45, 7) is 0.486. The number of benzene rings is 2. The molecule has 0 atom stereocenters. The second-order valence-electron chi connectivity index (χ2n) is 5.42. The van der Waals surface area contributed by atoms with Crippen molar-refractivity contribution in [1.82, 2.24) is 15.5 Å². The molecule has 1 N–H and O–H groups in total. The van der Waals surface area contributed by atoms with E-state index in [0.29, 0.717) is 17.7 Å². The molecule has 140 valence electrons. The molecule has 0 aliphatic carbocycles. The van der Waals surface area contributed by atoms with Crippen LogP contribution in [0.25, 0.3) is 11.4 Å². The van der Waals surface area contributed by atoms with E-state index in [4.69, 9.17) is 0 Å². The van der Waals surface area contributed by atoms with Crippen LogP contribution in [0.1, 0.15) is 16.2 Å². The highest BCUT2D eigenvalue weighted by Crippen LogP contribution is 2.29. The van der Waals surface area contributed by atoms with Crippen molar-refractivity contribution in [3.05, 3.63) is 66.1 Å². The van der Waals surface area contributed by atoms with Gasteiger partial charge in [0.25, 0.3) is 5.91 Å². The number of nitrogens with one attached hydrogen (secondary N) is 1. The summed E-state index contributed by atoms with van der Waals surface area (Å²) in [4.78, 5) is 16.6. The number of carbonyl (C=O) groups is 1. The van der Waals surface area contributed by atoms with E-state index in [1.54, 1.807) is 11.8 Å². The van der Waals surface area contributed by atoms with Crippen molar-refractivity contribution in [2.24, 2.45) is 0 Å².